The van der Waals surface area contributed by atoms with Crippen molar-refractivity contribution in [3.8, 4) is 0 Å². The molecule has 0 saturated heterocycles. The zero-order valence-electron chi connectivity index (χ0n) is 9.45. The maximum Gasteiger partial charge on any atom is 0.172 e. The molecule has 0 aromatic heterocycles. The highest BCUT2D eigenvalue weighted by Gasteiger charge is 2.12. The second-order valence-corrected chi connectivity index (χ2v) is 3.44. The molecule has 1 rings (SSSR count). The van der Waals surface area contributed by atoms with Crippen molar-refractivity contribution >= 4 is 11.5 Å². The first-order valence-corrected chi connectivity index (χ1v) is 5.28. The minimum absolute atomic E-state index is 0.00137. The summed E-state index contributed by atoms with van der Waals surface area (Å²) in [5.41, 5.74) is 6.85. The van der Waals surface area contributed by atoms with Gasteiger partial charge in [0.05, 0.1) is 13.2 Å². The van der Waals surface area contributed by atoms with Gasteiger partial charge in [-0.25, -0.2) is 0 Å². The summed E-state index contributed by atoms with van der Waals surface area (Å²) >= 11 is 0. The lowest BCUT2D eigenvalue weighted by Gasteiger charge is -2.25. The van der Waals surface area contributed by atoms with Crippen molar-refractivity contribution in [2.45, 2.75) is 0 Å². The molecule has 0 unspecified atom stereocenters. The molecule has 6 nitrogen and oxygen atoms in total. The number of amidine groups is 1. The summed E-state index contributed by atoms with van der Waals surface area (Å²) in [4.78, 5) is 1.77. The van der Waals surface area contributed by atoms with Gasteiger partial charge in [-0.05, 0) is 12.1 Å². The van der Waals surface area contributed by atoms with Gasteiger partial charge in [0.1, 0.15) is 0 Å². The van der Waals surface area contributed by atoms with Gasteiger partial charge in [0.25, 0.3) is 0 Å². The molecule has 0 fully saturated rings. The van der Waals surface area contributed by atoms with E-state index in [1.807, 2.05) is 6.07 Å². The van der Waals surface area contributed by atoms with Crippen molar-refractivity contribution in [1.29, 1.82) is 0 Å². The van der Waals surface area contributed by atoms with E-state index in [1.54, 1.807) is 23.1 Å². The molecule has 0 aliphatic rings. The van der Waals surface area contributed by atoms with Gasteiger partial charge in [0, 0.05) is 24.3 Å². The van der Waals surface area contributed by atoms with Crippen LogP contribution in [0.25, 0.3) is 0 Å². The molecule has 17 heavy (non-hydrogen) atoms. The Morgan fingerprint density at radius 2 is 1.76 bits per heavy atom. The van der Waals surface area contributed by atoms with Crippen molar-refractivity contribution < 1.29 is 15.4 Å². The van der Waals surface area contributed by atoms with E-state index in [1.165, 1.54) is 0 Å². The van der Waals surface area contributed by atoms with E-state index in [9.17, 15) is 0 Å². The highest BCUT2D eigenvalue weighted by Crippen LogP contribution is 2.19. The maximum atomic E-state index is 8.98. The van der Waals surface area contributed by atoms with Crippen LogP contribution in [-0.4, -0.2) is 47.6 Å². The van der Waals surface area contributed by atoms with Crippen LogP contribution >= 0.6 is 0 Å². The van der Waals surface area contributed by atoms with Gasteiger partial charge in [-0.15, -0.1) is 0 Å². The Hall–Kier alpha value is -1.79. The number of hydrogen-bond acceptors (Lipinski definition) is 5. The van der Waals surface area contributed by atoms with Gasteiger partial charge < -0.3 is 26.1 Å². The first kappa shape index (κ1) is 13.3. The van der Waals surface area contributed by atoms with E-state index >= 15 is 0 Å². The third kappa shape index (κ3) is 3.33. The molecular formula is C11H17N3O3. The molecule has 0 amide bonds. The molecule has 0 heterocycles. The monoisotopic (exact) mass is 239 g/mol. The Bertz CT molecular complexity index is 376. The van der Waals surface area contributed by atoms with E-state index in [4.69, 9.17) is 21.2 Å². The normalized spacial score (nSPS) is 11.5. The smallest absolute Gasteiger partial charge is 0.172 e. The molecular weight excluding hydrogens is 222 g/mol. The van der Waals surface area contributed by atoms with Crippen LogP contribution in [0.2, 0.25) is 0 Å². The third-order valence-corrected chi connectivity index (χ3v) is 2.37. The van der Waals surface area contributed by atoms with Gasteiger partial charge in [-0.3, -0.25) is 0 Å². The molecule has 0 atom stereocenters. The Morgan fingerprint density at radius 3 is 2.29 bits per heavy atom. The van der Waals surface area contributed by atoms with Gasteiger partial charge >= 0.3 is 0 Å². The number of oxime groups is 1. The fourth-order valence-corrected chi connectivity index (χ4v) is 1.61. The summed E-state index contributed by atoms with van der Waals surface area (Å²) < 4.78 is 0. The molecule has 94 valence electrons. The molecule has 1 aromatic carbocycles. The number of nitrogens with zero attached hydrogens (tertiary/aromatic N) is 2. The van der Waals surface area contributed by atoms with Crippen LogP contribution in [0, 0.1) is 0 Å². The molecule has 0 spiro atoms. The molecule has 6 heteroatoms. The zero-order chi connectivity index (χ0) is 12.7. The van der Waals surface area contributed by atoms with Crippen molar-refractivity contribution in [2.75, 3.05) is 31.2 Å². The number of aliphatic hydroxyl groups is 2. The fraction of sp³-hybridized carbons (Fsp3) is 0.364. The number of para-hydroxylation sites is 1. The van der Waals surface area contributed by atoms with Crippen molar-refractivity contribution in [3.63, 3.8) is 0 Å². The predicted molar refractivity (Wildman–Crippen MR) is 65.3 cm³/mol. The number of hydrogen-bond donors (Lipinski definition) is 4. The van der Waals surface area contributed by atoms with Crippen molar-refractivity contribution in [3.05, 3.63) is 29.8 Å². The average molecular weight is 239 g/mol. The maximum absolute atomic E-state index is 8.98. The summed E-state index contributed by atoms with van der Waals surface area (Å²) in [6.45, 7) is 0.668. The Balaban J connectivity index is 3.08. The molecule has 5 N–H and O–H groups in total. The van der Waals surface area contributed by atoms with Crippen molar-refractivity contribution in [2.24, 2.45) is 10.9 Å². The van der Waals surface area contributed by atoms with Crippen LogP contribution in [0.3, 0.4) is 0 Å². The first-order valence-electron chi connectivity index (χ1n) is 5.28. The molecule has 0 bridgehead atoms. The van der Waals surface area contributed by atoms with Crippen LogP contribution in [0.4, 0.5) is 5.69 Å². The van der Waals surface area contributed by atoms with E-state index in [0.717, 1.165) is 0 Å². The second-order valence-electron chi connectivity index (χ2n) is 3.44. The highest BCUT2D eigenvalue weighted by atomic mass is 16.4. The summed E-state index contributed by atoms with van der Waals surface area (Å²) in [6, 6.07) is 7.09. The van der Waals surface area contributed by atoms with Crippen LogP contribution in [0.15, 0.2) is 29.4 Å². The fourth-order valence-electron chi connectivity index (χ4n) is 1.61. The largest absolute Gasteiger partial charge is 0.409 e. The van der Waals surface area contributed by atoms with Crippen LogP contribution in [0.5, 0.6) is 0 Å². The highest BCUT2D eigenvalue weighted by molar-refractivity contribution is 6.02. The van der Waals surface area contributed by atoms with Crippen LogP contribution in [-0.2, 0) is 0 Å². The Kier molecular flexibility index (Phi) is 5.25. The molecule has 0 aliphatic heterocycles. The SMILES string of the molecule is N/C(=N/O)c1ccccc1N(CCO)CCO. The minimum Gasteiger partial charge on any atom is -0.409 e. The van der Waals surface area contributed by atoms with E-state index in [0.29, 0.717) is 24.3 Å². The lowest BCUT2D eigenvalue weighted by atomic mass is 10.1. The standard InChI is InChI=1S/C11H17N3O3/c12-11(13-17)9-3-1-2-4-10(9)14(5-7-15)6-8-16/h1-4,15-17H,5-8H2,(H2,12,13). The molecule has 1 aromatic rings. The number of rotatable bonds is 6. The zero-order valence-corrected chi connectivity index (χ0v) is 9.45. The second kappa shape index (κ2) is 6.72. The van der Waals surface area contributed by atoms with Gasteiger partial charge in [0.2, 0.25) is 0 Å². The first-order chi connectivity index (χ1) is 8.24. The number of aliphatic hydroxyl groups excluding tert-OH is 2. The minimum atomic E-state index is -0.0372. The van der Waals surface area contributed by atoms with Gasteiger partial charge in [-0.2, -0.15) is 0 Å². The predicted octanol–water partition coefficient (Wildman–Crippen LogP) is -0.428. The Morgan fingerprint density at radius 1 is 1.18 bits per heavy atom. The third-order valence-electron chi connectivity index (χ3n) is 2.37. The quantitative estimate of drug-likeness (QED) is 0.233. The lowest BCUT2D eigenvalue weighted by Crippen LogP contribution is -2.32. The van der Waals surface area contributed by atoms with Gasteiger partial charge in [-0.1, -0.05) is 17.3 Å². The molecule has 0 saturated carbocycles. The summed E-state index contributed by atoms with van der Waals surface area (Å²) in [6.07, 6.45) is 0. The van der Waals surface area contributed by atoms with Crippen LogP contribution < -0.4 is 10.6 Å². The summed E-state index contributed by atoms with van der Waals surface area (Å²) in [7, 11) is 0. The van der Waals surface area contributed by atoms with Crippen molar-refractivity contribution in [1.82, 2.24) is 0 Å². The van der Waals surface area contributed by atoms with E-state index < -0.39 is 0 Å². The van der Waals surface area contributed by atoms with E-state index in [2.05, 4.69) is 5.16 Å². The number of anilines is 1. The van der Waals surface area contributed by atoms with Gasteiger partial charge in [0.15, 0.2) is 5.84 Å². The number of nitrogens with two attached hydrogens (primary N) is 1. The van der Waals surface area contributed by atoms with Crippen LogP contribution in [0.1, 0.15) is 5.56 Å². The molecule has 0 aliphatic carbocycles. The number of benzene rings is 1. The Labute approximate surface area is 99.6 Å². The summed E-state index contributed by atoms with van der Waals surface area (Å²) in [5, 5.41) is 29.6. The molecule has 0 radical (unpaired) electrons. The summed E-state index contributed by atoms with van der Waals surface area (Å²) in [5.74, 6) is 0.00137. The average Bonchev–Trinajstić information content (AvgIpc) is 2.37. The van der Waals surface area contributed by atoms with E-state index in [-0.39, 0.29) is 19.0 Å². The lowest BCUT2D eigenvalue weighted by molar-refractivity contribution is 0.281. The topological polar surface area (TPSA) is 102 Å².